The molecule has 0 saturated carbocycles. The van der Waals surface area contributed by atoms with Crippen molar-refractivity contribution in [3.05, 3.63) is 71.8 Å². The molecule has 2 atom stereocenters. The predicted octanol–water partition coefficient (Wildman–Crippen LogP) is 2.81. The molecule has 0 aromatic heterocycles. The largest absolute Gasteiger partial charge is 0.469 e. The van der Waals surface area contributed by atoms with Crippen LogP contribution in [0.3, 0.4) is 0 Å². The molecule has 1 aliphatic heterocycles. The molecule has 1 heterocycles. The van der Waals surface area contributed by atoms with Gasteiger partial charge in [-0.15, -0.1) is 0 Å². The van der Waals surface area contributed by atoms with Gasteiger partial charge in [0.2, 0.25) is 0 Å². The third-order valence-corrected chi connectivity index (χ3v) is 4.76. The summed E-state index contributed by atoms with van der Waals surface area (Å²) in [6, 6.07) is 19.5. The van der Waals surface area contributed by atoms with Crippen LogP contribution in [-0.4, -0.2) is 31.2 Å². The van der Waals surface area contributed by atoms with Gasteiger partial charge in [-0.3, -0.25) is 14.9 Å². The highest BCUT2D eigenvalue weighted by molar-refractivity contribution is 5.83. The Bertz CT molecular complexity index is 747. The van der Waals surface area contributed by atoms with Crippen molar-refractivity contribution in [2.75, 3.05) is 13.7 Å². The lowest BCUT2D eigenvalue weighted by Gasteiger charge is -2.40. The zero-order chi connectivity index (χ0) is 18.4. The van der Waals surface area contributed by atoms with Gasteiger partial charge in [-0.05, 0) is 17.5 Å². The Balaban J connectivity index is 1.88. The van der Waals surface area contributed by atoms with Crippen molar-refractivity contribution in [2.24, 2.45) is 0 Å². The molecule has 2 aromatic carbocycles. The van der Waals surface area contributed by atoms with E-state index in [0.29, 0.717) is 12.8 Å². The lowest BCUT2D eigenvalue weighted by molar-refractivity contribution is -0.160. The Labute approximate surface area is 153 Å². The molecule has 0 radical (unpaired) electrons. The zero-order valence-electron chi connectivity index (χ0n) is 14.8. The highest BCUT2D eigenvalue weighted by Gasteiger charge is 2.45. The molecule has 1 fully saturated rings. The van der Waals surface area contributed by atoms with Crippen LogP contribution in [0.15, 0.2) is 60.7 Å². The number of morpholine rings is 1. The first-order chi connectivity index (χ1) is 12.6. The van der Waals surface area contributed by atoms with E-state index in [9.17, 15) is 9.59 Å². The molecule has 136 valence electrons. The van der Waals surface area contributed by atoms with E-state index < -0.39 is 5.54 Å². The quantitative estimate of drug-likeness (QED) is 0.809. The molecule has 0 amide bonds. The summed E-state index contributed by atoms with van der Waals surface area (Å²) < 4.78 is 10.3. The second kappa shape index (κ2) is 8.15. The van der Waals surface area contributed by atoms with Crippen LogP contribution < -0.4 is 5.32 Å². The molecular weight excluding hydrogens is 330 g/mol. The van der Waals surface area contributed by atoms with E-state index >= 15 is 0 Å². The maximum Gasteiger partial charge on any atom is 0.326 e. The van der Waals surface area contributed by atoms with Crippen LogP contribution in [0.2, 0.25) is 0 Å². The van der Waals surface area contributed by atoms with E-state index in [2.05, 4.69) is 5.32 Å². The number of cyclic esters (lactones) is 1. The number of hydrogen-bond acceptors (Lipinski definition) is 5. The SMILES string of the molecule is COC(=O)CC[C@@]1(Cc2ccccc2)N[C@@H](c2ccccc2)COC1=O. The molecule has 5 heteroatoms. The van der Waals surface area contributed by atoms with Crippen LogP contribution in [0.5, 0.6) is 0 Å². The summed E-state index contributed by atoms with van der Waals surface area (Å²) >= 11 is 0. The van der Waals surface area contributed by atoms with Crippen LogP contribution in [0.1, 0.15) is 30.0 Å². The first kappa shape index (κ1) is 18.1. The molecule has 3 rings (SSSR count). The molecule has 1 saturated heterocycles. The highest BCUT2D eigenvalue weighted by Crippen LogP contribution is 2.30. The average molecular weight is 353 g/mol. The second-order valence-corrected chi connectivity index (χ2v) is 6.53. The summed E-state index contributed by atoms with van der Waals surface area (Å²) in [5.74, 6) is -0.661. The third kappa shape index (κ3) is 4.11. The second-order valence-electron chi connectivity index (χ2n) is 6.53. The smallest absolute Gasteiger partial charge is 0.326 e. The molecule has 26 heavy (non-hydrogen) atoms. The van der Waals surface area contributed by atoms with E-state index in [1.807, 2.05) is 60.7 Å². The topological polar surface area (TPSA) is 64.6 Å². The first-order valence-corrected chi connectivity index (χ1v) is 8.73. The van der Waals surface area contributed by atoms with Crippen molar-refractivity contribution in [1.82, 2.24) is 5.32 Å². The maximum atomic E-state index is 12.8. The van der Waals surface area contributed by atoms with E-state index in [1.54, 1.807) is 0 Å². The Morgan fingerprint density at radius 2 is 1.81 bits per heavy atom. The number of methoxy groups -OCH3 is 1. The molecule has 0 bridgehead atoms. The van der Waals surface area contributed by atoms with Crippen LogP contribution >= 0.6 is 0 Å². The standard InChI is InChI=1S/C21H23NO4/c1-25-19(23)12-13-21(14-16-8-4-2-5-9-16)20(24)26-15-18(22-21)17-10-6-3-7-11-17/h2-11,18,22H,12-15H2,1H3/t18-,21+/m1/s1. The van der Waals surface area contributed by atoms with E-state index in [0.717, 1.165) is 11.1 Å². The zero-order valence-corrected chi connectivity index (χ0v) is 14.8. The van der Waals surface area contributed by atoms with Crippen molar-refractivity contribution in [2.45, 2.75) is 30.8 Å². The number of rotatable bonds is 6. The minimum atomic E-state index is -0.964. The van der Waals surface area contributed by atoms with Gasteiger partial charge in [-0.25, -0.2) is 0 Å². The summed E-state index contributed by atoms with van der Waals surface area (Å²) in [4.78, 5) is 24.5. The van der Waals surface area contributed by atoms with Gasteiger partial charge in [0.05, 0.1) is 13.2 Å². The lowest BCUT2D eigenvalue weighted by Crippen LogP contribution is -2.60. The van der Waals surface area contributed by atoms with Crippen LogP contribution in [0, 0.1) is 0 Å². The van der Waals surface area contributed by atoms with Crippen LogP contribution in [0.25, 0.3) is 0 Å². The van der Waals surface area contributed by atoms with Gasteiger partial charge in [0, 0.05) is 12.8 Å². The first-order valence-electron chi connectivity index (χ1n) is 8.73. The monoisotopic (exact) mass is 353 g/mol. The summed E-state index contributed by atoms with van der Waals surface area (Å²) in [6.07, 6.45) is 0.913. The van der Waals surface area contributed by atoms with Crippen molar-refractivity contribution >= 4 is 11.9 Å². The Kier molecular flexibility index (Phi) is 5.68. The van der Waals surface area contributed by atoms with Crippen molar-refractivity contribution in [3.63, 3.8) is 0 Å². The van der Waals surface area contributed by atoms with Gasteiger partial charge in [0.1, 0.15) is 12.1 Å². The van der Waals surface area contributed by atoms with E-state index in [1.165, 1.54) is 7.11 Å². The van der Waals surface area contributed by atoms with Crippen LogP contribution in [-0.2, 0) is 25.5 Å². The number of carbonyl (C=O) groups excluding carboxylic acids is 2. The van der Waals surface area contributed by atoms with Gasteiger partial charge >= 0.3 is 11.9 Å². The molecule has 5 nitrogen and oxygen atoms in total. The fourth-order valence-corrected chi connectivity index (χ4v) is 3.34. The summed E-state index contributed by atoms with van der Waals surface area (Å²) in [5.41, 5.74) is 1.10. The summed E-state index contributed by atoms with van der Waals surface area (Å²) in [5, 5.41) is 3.48. The Morgan fingerprint density at radius 1 is 1.15 bits per heavy atom. The summed E-state index contributed by atoms with van der Waals surface area (Å²) in [6.45, 7) is 0.275. The molecule has 1 N–H and O–H groups in total. The van der Waals surface area contributed by atoms with Crippen LogP contribution in [0.4, 0.5) is 0 Å². The fraction of sp³-hybridized carbons (Fsp3) is 0.333. The number of hydrogen-bond donors (Lipinski definition) is 1. The molecule has 0 aliphatic carbocycles. The predicted molar refractivity (Wildman–Crippen MR) is 97.4 cm³/mol. The highest BCUT2D eigenvalue weighted by atomic mass is 16.5. The average Bonchev–Trinajstić information content (AvgIpc) is 2.69. The van der Waals surface area contributed by atoms with Gasteiger partial charge in [-0.2, -0.15) is 0 Å². The normalized spacial score (nSPS) is 22.5. The molecule has 2 aromatic rings. The van der Waals surface area contributed by atoms with Crippen molar-refractivity contribution < 1.29 is 19.1 Å². The van der Waals surface area contributed by atoms with Gasteiger partial charge in [0.25, 0.3) is 0 Å². The molecule has 0 unspecified atom stereocenters. The van der Waals surface area contributed by atoms with Gasteiger partial charge in [0.15, 0.2) is 0 Å². The van der Waals surface area contributed by atoms with E-state index in [-0.39, 0.29) is 31.0 Å². The van der Waals surface area contributed by atoms with E-state index in [4.69, 9.17) is 9.47 Å². The number of benzene rings is 2. The van der Waals surface area contributed by atoms with Crippen molar-refractivity contribution in [3.8, 4) is 0 Å². The number of esters is 2. The number of nitrogens with one attached hydrogen (secondary N) is 1. The fourth-order valence-electron chi connectivity index (χ4n) is 3.34. The Hall–Kier alpha value is -2.66. The molecular formula is C21H23NO4. The van der Waals surface area contributed by atoms with Gasteiger partial charge in [-0.1, -0.05) is 60.7 Å². The third-order valence-electron chi connectivity index (χ3n) is 4.76. The minimum absolute atomic E-state index is 0.116. The molecule has 0 spiro atoms. The van der Waals surface area contributed by atoms with Gasteiger partial charge < -0.3 is 9.47 Å². The molecule has 1 aliphatic rings. The Morgan fingerprint density at radius 3 is 2.46 bits per heavy atom. The minimum Gasteiger partial charge on any atom is -0.469 e. The lowest BCUT2D eigenvalue weighted by atomic mass is 9.83. The summed E-state index contributed by atoms with van der Waals surface area (Å²) in [7, 11) is 1.35. The number of carbonyl (C=O) groups is 2. The maximum absolute atomic E-state index is 12.8. The number of ether oxygens (including phenoxy) is 2. The van der Waals surface area contributed by atoms with Crippen molar-refractivity contribution in [1.29, 1.82) is 0 Å².